The molecule has 1 aliphatic rings. The first-order valence-corrected chi connectivity index (χ1v) is 14.4. The number of nitrogens with two attached hydrogens (primary N) is 1. The molecule has 0 unspecified atom stereocenters. The number of aromatic nitrogens is 5. The fourth-order valence-corrected chi connectivity index (χ4v) is 4.61. The Balaban J connectivity index is 1.13. The van der Waals surface area contributed by atoms with Crippen LogP contribution in [0.25, 0.3) is 17.4 Å². The Labute approximate surface area is 224 Å². The number of rotatable bonds is 10. The minimum Gasteiger partial charge on any atom is -0.492 e. The molecule has 208 valence electrons. The predicted octanol–water partition coefficient (Wildman–Crippen LogP) is 1.18. The minimum atomic E-state index is -3.14. The summed E-state index contributed by atoms with van der Waals surface area (Å²) in [7, 11) is -1.25. The molecule has 1 aliphatic heterocycles. The fourth-order valence-electron chi connectivity index (χ4n) is 4.22. The number of fused-ring (bicyclic) bond motifs is 1. The van der Waals surface area contributed by atoms with Gasteiger partial charge in [0.1, 0.15) is 18.2 Å². The second kappa shape index (κ2) is 11.0. The van der Waals surface area contributed by atoms with Crippen LogP contribution in [0.15, 0.2) is 41.0 Å². The van der Waals surface area contributed by atoms with Gasteiger partial charge in [0.2, 0.25) is 17.7 Å². The molecule has 0 amide bonds. The SMILES string of the molecule is CN(CCN1CCN(c2ccc(OCCS(C)(=O)=O)cc2F)CC1)c1nc(N)n2nc(-c3ccco3)nc2n1. The van der Waals surface area contributed by atoms with Crippen molar-refractivity contribution in [2.75, 3.05) is 80.5 Å². The van der Waals surface area contributed by atoms with Crippen molar-refractivity contribution >= 4 is 33.2 Å². The van der Waals surface area contributed by atoms with Crippen molar-refractivity contribution in [1.29, 1.82) is 0 Å². The van der Waals surface area contributed by atoms with E-state index in [1.165, 1.54) is 10.6 Å². The highest BCUT2D eigenvalue weighted by atomic mass is 32.2. The summed E-state index contributed by atoms with van der Waals surface area (Å²) in [5.41, 5.74) is 6.61. The van der Waals surface area contributed by atoms with Crippen LogP contribution in [-0.4, -0.2) is 103 Å². The van der Waals surface area contributed by atoms with Crippen LogP contribution in [-0.2, 0) is 9.84 Å². The molecule has 39 heavy (non-hydrogen) atoms. The number of anilines is 3. The highest BCUT2D eigenvalue weighted by Crippen LogP contribution is 2.25. The largest absolute Gasteiger partial charge is 0.492 e. The number of furan rings is 1. The van der Waals surface area contributed by atoms with E-state index in [4.69, 9.17) is 14.9 Å². The van der Waals surface area contributed by atoms with Gasteiger partial charge in [-0.15, -0.1) is 5.10 Å². The first-order valence-electron chi connectivity index (χ1n) is 12.4. The van der Waals surface area contributed by atoms with E-state index in [2.05, 4.69) is 25.0 Å². The lowest BCUT2D eigenvalue weighted by Crippen LogP contribution is -2.48. The first-order chi connectivity index (χ1) is 18.7. The normalized spacial score (nSPS) is 14.7. The summed E-state index contributed by atoms with van der Waals surface area (Å²) in [5, 5.41) is 4.31. The van der Waals surface area contributed by atoms with E-state index in [1.54, 1.807) is 30.5 Å². The molecule has 13 nitrogen and oxygen atoms in total. The molecule has 4 heterocycles. The smallest absolute Gasteiger partial charge is 0.259 e. The molecule has 4 aromatic rings. The molecule has 1 aromatic carbocycles. The maximum Gasteiger partial charge on any atom is 0.259 e. The quantitative estimate of drug-likeness (QED) is 0.297. The summed E-state index contributed by atoms with van der Waals surface area (Å²) in [4.78, 5) is 19.5. The lowest BCUT2D eigenvalue weighted by atomic mass is 10.2. The number of hydrogen-bond donors (Lipinski definition) is 1. The van der Waals surface area contributed by atoms with Gasteiger partial charge in [0.15, 0.2) is 15.6 Å². The van der Waals surface area contributed by atoms with Crippen molar-refractivity contribution in [1.82, 2.24) is 29.5 Å². The van der Waals surface area contributed by atoms with Gasteiger partial charge in [-0.1, -0.05) is 0 Å². The number of sulfone groups is 1. The summed E-state index contributed by atoms with van der Waals surface area (Å²) in [6.45, 7) is 4.26. The summed E-state index contributed by atoms with van der Waals surface area (Å²) in [6.07, 6.45) is 2.68. The van der Waals surface area contributed by atoms with E-state index in [0.717, 1.165) is 25.9 Å². The van der Waals surface area contributed by atoms with E-state index >= 15 is 0 Å². The molecular formula is C24H30FN9O4S. The Bertz CT molecular complexity index is 1540. The minimum absolute atomic E-state index is 0.0127. The van der Waals surface area contributed by atoms with Crippen molar-refractivity contribution in [3.63, 3.8) is 0 Å². The van der Waals surface area contributed by atoms with Crippen molar-refractivity contribution < 1.29 is 22.0 Å². The van der Waals surface area contributed by atoms with E-state index in [1.807, 2.05) is 16.8 Å². The molecule has 1 saturated heterocycles. The van der Waals surface area contributed by atoms with E-state index < -0.39 is 15.7 Å². The molecule has 0 bridgehead atoms. The molecule has 0 spiro atoms. The lowest BCUT2D eigenvalue weighted by Gasteiger charge is -2.36. The zero-order chi connectivity index (χ0) is 27.6. The second-order valence-electron chi connectivity index (χ2n) is 9.35. The number of nitrogen functional groups attached to an aromatic ring is 1. The van der Waals surface area contributed by atoms with Gasteiger partial charge in [-0.25, -0.2) is 12.8 Å². The molecule has 5 rings (SSSR count). The Hall–Kier alpha value is -3.98. The average molecular weight is 560 g/mol. The first kappa shape index (κ1) is 26.6. The molecule has 0 saturated carbocycles. The highest BCUT2D eigenvalue weighted by molar-refractivity contribution is 7.90. The summed E-state index contributed by atoms with van der Waals surface area (Å²) < 4.78 is 49.4. The van der Waals surface area contributed by atoms with Crippen LogP contribution in [0.5, 0.6) is 5.75 Å². The maximum atomic E-state index is 14.8. The Kier molecular flexibility index (Phi) is 7.52. The van der Waals surface area contributed by atoms with Crippen molar-refractivity contribution in [3.8, 4) is 17.3 Å². The van der Waals surface area contributed by atoms with Crippen LogP contribution in [0.3, 0.4) is 0 Å². The molecule has 0 radical (unpaired) electrons. The maximum absolute atomic E-state index is 14.8. The van der Waals surface area contributed by atoms with Gasteiger partial charge in [0.25, 0.3) is 5.78 Å². The topological polar surface area (TPSA) is 148 Å². The summed E-state index contributed by atoms with van der Waals surface area (Å²) in [5.74, 6) is 1.65. The molecule has 3 aromatic heterocycles. The molecule has 2 N–H and O–H groups in total. The molecule has 0 atom stereocenters. The van der Waals surface area contributed by atoms with E-state index in [9.17, 15) is 12.8 Å². The number of piperazine rings is 1. The number of likely N-dealkylation sites (N-methyl/N-ethyl adjacent to an activating group) is 1. The van der Waals surface area contributed by atoms with Crippen LogP contribution >= 0.6 is 0 Å². The van der Waals surface area contributed by atoms with E-state index in [-0.39, 0.29) is 18.3 Å². The zero-order valence-corrected chi connectivity index (χ0v) is 22.5. The third kappa shape index (κ3) is 6.37. The van der Waals surface area contributed by atoms with Crippen LogP contribution in [0, 0.1) is 5.82 Å². The molecule has 0 aliphatic carbocycles. The van der Waals surface area contributed by atoms with Gasteiger partial charge in [0.05, 0.1) is 17.7 Å². The standard InChI is InChI=1S/C24H30FN9O4S/c1-31(23-28-22(26)34-24(29-23)27-21(30-34)20-4-3-13-38-20)7-8-32-9-11-33(12-10-32)19-6-5-17(16-18(19)25)37-14-15-39(2,35)36/h3-6,13,16H,7-12,14-15H2,1-2H3,(H2,26,27,28,29,30). The van der Waals surface area contributed by atoms with Crippen molar-refractivity contribution in [2.24, 2.45) is 0 Å². The lowest BCUT2D eigenvalue weighted by molar-refractivity contribution is 0.262. The van der Waals surface area contributed by atoms with Crippen molar-refractivity contribution in [2.45, 2.75) is 0 Å². The highest BCUT2D eigenvalue weighted by Gasteiger charge is 2.21. The molecular weight excluding hydrogens is 529 g/mol. The van der Waals surface area contributed by atoms with Gasteiger partial charge >= 0.3 is 0 Å². The van der Waals surface area contributed by atoms with Crippen molar-refractivity contribution in [3.05, 3.63) is 42.4 Å². The van der Waals surface area contributed by atoms with Gasteiger partial charge in [-0.3, -0.25) is 4.90 Å². The monoisotopic (exact) mass is 559 g/mol. The van der Waals surface area contributed by atoms with Crippen LogP contribution in [0.4, 0.5) is 22.0 Å². The molecule has 15 heteroatoms. The summed E-state index contributed by atoms with van der Waals surface area (Å²) >= 11 is 0. The number of nitrogens with zero attached hydrogens (tertiary/aromatic N) is 8. The van der Waals surface area contributed by atoms with Crippen LogP contribution < -0.4 is 20.3 Å². The van der Waals surface area contributed by atoms with Crippen LogP contribution in [0.1, 0.15) is 0 Å². The Morgan fingerprint density at radius 1 is 1.15 bits per heavy atom. The number of hydrogen-bond acceptors (Lipinski definition) is 12. The third-order valence-corrected chi connectivity index (χ3v) is 7.32. The van der Waals surface area contributed by atoms with Gasteiger partial charge in [-0.2, -0.15) is 19.5 Å². The fraction of sp³-hybridized carbons (Fsp3) is 0.417. The third-order valence-electron chi connectivity index (χ3n) is 6.41. The predicted molar refractivity (Wildman–Crippen MR) is 144 cm³/mol. The van der Waals surface area contributed by atoms with Gasteiger partial charge in [0, 0.05) is 58.6 Å². The second-order valence-corrected chi connectivity index (χ2v) is 11.6. The Morgan fingerprint density at radius 3 is 2.64 bits per heavy atom. The van der Waals surface area contributed by atoms with Gasteiger partial charge < -0.3 is 24.7 Å². The number of ether oxygens (including phenoxy) is 1. The van der Waals surface area contributed by atoms with Gasteiger partial charge in [-0.05, 0) is 24.3 Å². The number of halogens is 1. The Morgan fingerprint density at radius 2 is 1.95 bits per heavy atom. The molecule has 1 fully saturated rings. The average Bonchev–Trinajstić information content (AvgIpc) is 3.57. The number of benzene rings is 1. The van der Waals surface area contributed by atoms with Crippen LogP contribution in [0.2, 0.25) is 0 Å². The zero-order valence-electron chi connectivity index (χ0n) is 21.7. The van der Waals surface area contributed by atoms with E-state index in [0.29, 0.717) is 54.4 Å². The summed E-state index contributed by atoms with van der Waals surface area (Å²) in [6, 6.07) is 8.15.